The van der Waals surface area contributed by atoms with Crippen molar-refractivity contribution in [1.82, 2.24) is 10.3 Å². The number of hydrogen-bond acceptors (Lipinski definition) is 3. The predicted octanol–water partition coefficient (Wildman–Crippen LogP) is 5.04. The number of hydrogen-bond donors (Lipinski definition) is 1. The van der Waals surface area contributed by atoms with Crippen LogP contribution in [-0.2, 0) is 6.54 Å². The second-order valence-electron chi connectivity index (χ2n) is 4.72. The molecular weight excluding hydrogens is 311 g/mol. The van der Waals surface area contributed by atoms with Gasteiger partial charge in [0, 0.05) is 23.7 Å². The van der Waals surface area contributed by atoms with Gasteiger partial charge in [0.2, 0.25) is 0 Å². The Balaban J connectivity index is 2.07. The third-order valence-corrected chi connectivity index (χ3v) is 4.30. The van der Waals surface area contributed by atoms with Gasteiger partial charge in [-0.2, -0.15) is 0 Å². The van der Waals surface area contributed by atoms with E-state index < -0.39 is 0 Å². The van der Waals surface area contributed by atoms with Crippen LogP contribution in [0.3, 0.4) is 0 Å². The van der Waals surface area contributed by atoms with Crippen molar-refractivity contribution in [3.63, 3.8) is 0 Å². The zero-order valence-electron chi connectivity index (χ0n) is 11.4. The summed E-state index contributed by atoms with van der Waals surface area (Å²) >= 11 is 13.7. The predicted molar refractivity (Wildman–Crippen MR) is 86.8 cm³/mol. The number of aromatic nitrogens is 1. The largest absolute Gasteiger partial charge is 0.310 e. The molecule has 0 spiro atoms. The molecule has 1 aromatic carbocycles. The second kappa shape index (κ2) is 7.32. The number of pyridine rings is 1. The molecular formula is C15H16Cl2N2S. The summed E-state index contributed by atoms with van der Waals surface area (Å²) < 4.78 is 0. The maximum atomic E-state index is 6.32. The van der Waals surface area contributed by atoms with Crippen LogP contribution in [-0.4, -0.2) is 11.0 Å². The lowest BCUT2D eigenvalue weighted by Gasteiger charge is -2.10. The SMILES string of the molecule is CC(C)NCc1ccc(Sc2ccc(Cl)cn2)c(Cl)c1. The fourth-order valence-corrected chi connectivity index (χ4v) is 2.78. The van der Waals surface area contributed by atoms with E-state index >= 15 is 0 Å². The minimum Gasteiger partial charge on any atom is -0.310 e. The molecule has 1 aromatic heterocycles. The second-order valence-corrected chi connectivity index (χ2v) is 6.62. The molecule has 5 heteroatoms. The summed E-state index contributed by atoms with van der Waals surface area (Å²) in [7, 11) is 0. The van der Waals surface area contributed by atoms with Crippen LogP contribution in [0.15, 0.2) is 46.5 Å². The van der Waals surface area contributed by atoms with Crippen molar-refractivity contribution in [2.24, 2.45) is 0 Å². The first-order chi connectivity index (χ1) is 9.54. The van der Waals surface area contributed by atoms with Gasteiger partial charge in [-0.05, 0) is 29.8 Å². The molecule has 1 N–H and O–H groups in total. The Morgan fingerprint density at radius 3 is 2.60 bits per heavy atom. The van der Waals surface area contributed by atoms with E-state index in [1.807, 2.05) is 24.3 Å². The van der Waals surface area contributed by atoms with E-state index in [0.717, 1.165) is 21.5 Å². The first-order valence-corrected chi connectivity index (χ1v) is 7.93. The standard InChI is InChI=1S/C15H16Cl2N2S/c1-10(2)18-8-11-3-5-14(13(17)7-11)20-15-6-4-12(16)9-19-15/h3-7,9-10,18H,8H2,1-2H3. The summed E-state index contributed by atoms with van der Waals surface area (Å²) in [5.41, 5.74) is 1.18. The molecule has 2 nitrogen and oxygen atoms in total. The first-order valence-electron chi connectivity index (χ1n) is 6.36. The molecule has 1 heterocycles. The number of benzene rings is 1. The van der Waals surface area contributed by atoms with Crippen molar-refractivity contribution in [1.29, 1.82) is 0 Å². The average molecular weight is 327 g/mol. The number of nitrogens with zero attached hydrogens (tertiary/aromatic N) is 1. The molecule has 0 atom stereocenters. The van der Waals surface area contributed by atoms with Crippen LogP contribution in [0.5, 0.6) is 0 Å². The molecule has 2 rings (SSSR count). The average Bonchev–Trinajstić information content (AvgIpc) is 2.41. The molecule has 20 heavy (non-hydrogen) atoms. The third kappa shape index (κ3) is 4.67. The van der Waals surface area contributed by atoms with Crippen molar-refractivity contribution in [3.8, 4) is 0 Å². The Morgan fingerprint density at radius 2 is 2.00 bits per heavy atom. The summed E-state index contributed by atoms with van der Waals surface area (Å²) in [6.07, 6.45) is 1.64. The van der Waals surface area contributed by atoms with Crippen LogP contribution in [0.4, 0.5) is 0 Å². The van der Waals surface area contributed by atoms with Crippen LogP contribution >= 0.6 is 35.0 Å². The van der Waals surface area contributed by atoms with Crippen LogP contribution in [0, 0.1) is 0 Å². The first kappa shape index (κ1) is 15.6. The molecule has 0 bridgehead atoms. The van der Waals surface area contributed by atoms with E-state index in [1.54, 1.807) is 6.20 Å². The van der Waals surface area contributed by atoms with Crippen LogP contribution in [0.2, 0.25) is 10.0 Å². The van der Waals surface area contributed by atoms with E-state index in [2.05, 4.69) is 30.2 Å². The fourth-order valence-electron chi connectivity index (χ4n) is 1.59. The Labute approximate surface area is 133 Å². The van der Waals surface area contributed by atoms with E-state index in [9.17, 15) is 0 Å². The van der Waals surface area contributed by atoms with Gasteiger partial charge in [0.25, 0.3) is 0 Å². The normalized spacial score (nSPS) is 11.1. The maximum Gasteiger partial charge on any atom is 0.101 e. The summed E-state index contributed by atoms with van der Waals surface area (Å²) in [5, 5.41) is 5.63. The fraction of sp³-hybridized carbons (Fsp3) is 0.267. The van der Waals surface area contributed by atoms with Gasteiger partial charge in [-0.25, -0.2) is 4.98 Å². The summed E-state index contributed by atoms with van der Waals surface area (Å²) in [4.78, 5) is 5.25. The third-order valence-electron chi connectivity index (χ3n) is 2.63. The van der Waals surface area contributed by atoms with Crippen LogP contribution in [0.25, 0.3) is 0 Å². The van der Waals surface area contributed by atoms with Gasteiger partial charge < -0.3 is 5.32 Å². The Bertz CT molecular complexity index is 571. The molecule has 0 aliphatic carbocycles. The molecule has 0 aliphatic heterocycles. The monoisotopic (exact) mass is 326 g/mol. The Hall–Kier alpha value is -0.740. The molecule has 0 amide bonds. The van der Waals surface area contributed by atoms with E-state index in [1.165, 1.54) is 17.3 Å². The molecule has 0 radical (unpaired) electrons. The molecule has 0 fully saturated rings. The zero-order chi connectivity index (χ0) is 14.5. The van der Waals surface area contributed by atoms with Gasteiger partial charge in [0.15, 0.2) is 0 Å². The van der Waals surface area contributed by atoms with Crippen molar-refractivity contribution in [3.05, 3.63) is 52.1 Å². The summed E-state index contributed by atoms with van der Waals surface area (Å²) in [5.74, 6) is 0. The smallest absolute Gasteiger partial charge is 0.101 e. The van der Waals surface area contributed by atoms with Gasteiger partial charge in [-0.1, -0.05) is 54.9 Å². The van der Waals surface area contributed by atoms with Crippen LogP contribution in [0.1, 0.15) is 19.4 Å². The van der Waals surface area contributed by atoms with E-state index in [4.69, 9.17) is 23.2 Å². The lowest BCUT2D eigenvalue weighted by Crippen LogP contribution is -2.21. The highest BCUT2D eigenvalue weighted by atomic mass is 35.5. The Kier molecular flexibility index (Phi) is 5.73. The summed E-state index contributed by atoms with van der Waals surface area (Å²) in [6.45, 7) is 5.07. The molecule has 106 valence electrons. The van der Waals surface area contributed by atoms with Crippen molar-refractivity contribution in [2.75, 3.05) is 0 Å². The number of halogens is 2. The highest BCUT2D eigenvalue weighted by Gasteiger charge is 2.05. The van der Waals surface area contributed by atoms with Gasteiger partial charge >= 0.3 is 0 Å². The quantitative estimate of drug-likeness (QED) is 0.833. The number of nitrogens with one attached hydrogen (secondary N) is 1. The molecule has 0 unspecified atom stereocenters. The topological polar surface area (TPSA) is 24.9 Å². The minimum absolute atomic E-state index is 0.459. The van der Waals surface area contributed by atoms with Crippen LogP contribution < -0.4 is 5.32 Å². The molecule has 0 saturated carbocycles. The highest BCUT2D eigenvalue weighted by Crippen LogP contribution is 2.33. The summed E-state index contributed by atoms with van der Waals surface area (Å²) in [6, 6.07) is 10.3. The van der Waals surface area contributed by atoms with Gasteiger partial charge in [0.1, 0.15) is 5.03 Å². The molecule has 0 saturated heterocycles. The lowest BCUT2D eigenvalue weighted by atomic mass is 10.2. The van der Waals surface area contributed by atoms with Crippen molar-refractivity contribution < 1.29 is 0 Å². The number of rotatable bonds is 5. The molecule has 0 aliphatic rings. The van der Waals surface area contributed by atoms with Gasteiger partial charge in [-0.15, -0.1) is 0 Å². The van der Waals surface area contributed by atoms with Gasteiger partial charge in [0.05, 0.1) is 10.0 Å². The highest BCUT2D eigenvalue weighted by molar-refractivity contribution is 7.99. The van der Waals surface area contributed by atoms with Gasteiger partial charge in [-0.3, -0.25) is 0 Å². The Morgan fingerprint density at radius 1 is 1.20 bits per heavy atom. The molecule has 2 aromatic rings. The van der Waals surface area contributed by atoms with Crippen molar-refractivity contribution >= 4 is 35.0 Å². The zero-order valence-corrected chi connectivity index (χ0v) is 13.7. The minimum atomic E-state index is 0.459. The van der Waals surface area contributed by atoms with E-state index in [-0.39, 0.29) is 0 Å². The van der Waals surface area contributed by atoms with E-state index in [0.29, 0.717) is 11.1 Å². The lowest BCUT2D eigenvalue weighted by molar-refractivity contribution is 0.589. The van der Waals surface area contributed by atoms with Crippen molar-refractivity contribution in [2.45, 2.75) is 36.4 Å². The maximum absolute atomic E-state index is 6.32.